The lowest BCUT2D eigenvalue weighted by Gasteiger charge is -2.26. The summed E-state index contributed by atoms with van der Waals surface area (Å²) in [6, 6.07) is 11.7. The van der Waals surface area contributed by atoms with E-state index in [1.54, 1.807) is 67.2 Å². The molecule has 0 saturated carbocycles. The highest BCUT2D eigenvalue weighted by atomic mass is 32.2. The van der Waals surface area contributed by atoms with Crippen molar-refractivity contribution >= 4 is 21.8 Å². The summed E-state index contributed by atoms with van der Waals surface area (Å²) in [4.78, 5) is 25.3. The SMILES string of the molecule is Cc1cc(C(=O)COC(=O)c2cccn2C)c(C)n1-c1cccc(S(=O)(=O)N2CCOCC2)c1. The van der Waals surface area contributed by atoms with E-state index in [9.17, 15) is 18.0 Å². The van der Waals surface area contributed by atoms with Gasteiger partial charge in [0.05, 0.1) is 18.1 Å². The summed E-state index contributed by atoms with van der Waals surface area (Å²) in [7, 11) is -1.94. The Balaban J connectivity index is 1.56. The summed E-state index contributed by atoms with van der Waals surface area (Å²) >= 11 is 0. The van der Waals surface area contributed by atoms with E-state index < -0.39 is 16.0 Å². The number of carbonyl (C=O) groups is 2. The van der Waals surface area contributed by atoms with Crippen molar-refractivity contribution in [1.29, 1.82) is 0 Å². The molecule has 180 valence electrons. The summed E-state index contributed by atoms with van der Waals surface area (Å²) < 4.78 is 41.5. The summed E-state index contributed by atoms with van der Waals surface area (Å²) in [6.45, 7) is 4.59. The van der Waals surface area contributed by atoms with Gasteiger partial charge in [-0.3, -0.25) is 4.79 Å². The first-order valence-corrected chi connectivity index (χ1v) is 12.3. The number of carbonyl (C=O) groups excluding carboxylic acids is 2. The molecule has 1 aliphatic rings. The number of rotatable bonds is 7. The predicted molar refractivity (Wildman–Crippen MR) is 125 cm³/mol. The first-order chi connectivity index (χ1) is 16.2. The van der Waals surface area contributed by atoms with E-state index in [0.717, 1.165) is 5.69 Å². The highest BCUT2D eigenvalue weighted by Crippen LogP contribution is 2.25. The van der Waals surface area contributed by atoms with Crippen LogP contribution >= 0.6 is 0 Å². The van der Waals surface area contributed by atoms with Crippen LogP contribution in [0, 0.1) is 13.8 Å². The number of esters is 1. The number of hydrogen-bond acceptors (Lipinski definition) is 6. The van der Waals surface area contributed by atoms with Crippen molar-refractivity contribution in [2.75, 3.05) is 32.9 Å². The van der Waals surface area contributed by atoms with Gasteiger partial charge in [0.1, 0.15) is 5.69 Å². The molecule has 1 aliphatic heterocycles. The molecule has 0 radical (unpaired) electrons. The van der Waals surface area contributed by atoms with E-state index in [0.29, 0.717) is 48.9 Å². The van der Waals surface area contributed by atoms with Crippen LogP contribution in [0.4, 0.5) is 0 Å². The van der Waals surface area contributed by atoms with Crippen molar-refractivity contribution < 1.29 is 27.5 Å². The largest absolute Gasteiger partial charge is 0.453 e. The number of ketones is 1. The summed E-state index contributed by atoms with van der Waals surface area (Å²) in [5.41, 5.74) is 2.80. The number of ether oxygens (including phenoxy) is 2. The van der Waals surface area contributed by atoms with Crippen LogP contribution in [-0.4, -0.2) is 66.5 Å². The van der Waals surface area contributed by atoms with Gasteiger partial charge in [-0.2, -0.15) is 4.31 Å². The third-order valence-corrected chi connectivity index (χ3v) is 7.80. The van der Waals surface area contributed by atoms with Gasteiger partial charge < -0.3 is 18.6 Å². The van der Waals surface area contributed by atoms with Crippen LogP contribution in [0.3, 0.4) is 0 Å². The Morgan fingerprint density at radius 3 is 2.47 bits per heavy atom. The minimum absolute atomic E-state index is 0.184. The summed E-state index contributed by atoms with van der Waals surface area (Å²) in [5.74, 6) is -0.908. The number of morpholine rings is 1. The maximum Gasteiger partial charge on any atom is 0.355 e. The van der Waals surface area contributed by atoms with Crippen LogP contribution in [-0.2, 0) is 26.5 Å². The van der Waals surface area contributed by atoms with Gasteiger partial charge in [-0.15, -0.1) is 0 Å². The molecule has 4 rings (SSSR count). The van der Waals surface area contributed by atoms with E-state index in [1.165, 1.54) is 4.31 Å². The van der Waals surface area contributed by atoms with E-state index in [4.69, 9.17) is 9.47 Å². The molecule has 0 bridgehead atoms. The Kier molecular flexibility index (Phi) is 6.74. The number of sulfonamides is 1. The van der Waals surface area contributed by atoms with Crippen molar-refractivity contribution in [3.05, 3.63) is 71.3 Å². The molecule has 0 unspecified atom stereocenters. The highest BCUT2D eigenvalue weighted by Gasteiger charge is 2.27. The molecule has 3 heterocycles. The van der Waals surface area contributed by atoms with Gasteiger partial charge in [-0.05, 0) is 50.2 Å². The second-order valence-electron chi connectivity index (χ2n) is 8.14. The van der Waals surface area contributed by atoms with E-state index >= 15 is 0 Å². The summed E-state index contributed by atoms with van der Waals surface area (Å²) in [6.07, 6.45) is 1.72. The van der Waals surface area contributed by atoms with Crippen LogP contribution < -0.4 is 0 Å². The highest BCUT2D eigenvalue weighted by molar-refractivity contribution is 7.89. The first-order valence-electron chi connectivity index (χ1n) is 10.9. The number of hydrogen-bond donors (Lipinski definition) is 0. The fourth-order valence-electron chi connectivity index (χ4n) is 4.12. The molecule has 0 amide bonds. The minimum Gasteiger partial charge on any atom is -0.453 e. The number of aromatic nitrogens is 2. The molecule has 9 nitrogen and oxygen atoms in total. The molecule has 0 atom stereocenters. The number of benzene rings is 1. The van der Waals surface area contributed by atoms with Gasteiger partial charge in [-0.1, -0.05) is 6.07 Å². The quantitative estimate of drug-likeness (QED) is 0.377. The van der Waals surface area contributed by atoms with Gasteiger partial charge in [-0.25, -0.2) is 13.2 Å². The molecule has 0 aliphatic carbocycles. The maximum atomic E-state index is 13.1. The molecule has 0 N–H and O–H groups in total. The average molecular weight is 486 g/mol. The molecular formula is C24H27N3O6S. The number of nitrogens with zero attached hydrogens (tertiary/aromatic N) is 3. The number of Topliss-reactive ketones (excluding diaryl/α,β-unsaturated/α-hetero) is 1. The predicted octanol–water partition coefficient (Wildman–Crippen LogP) is 2.49. The average Bonchev–Trinajstić information content (AvgIpc) is 3.40. The molecule has 0 spiro atoms. The molecule has 1 saturated heterocycles. The second-order valence-corrected chi connectivity index (χ2v) is 10.1. The third-order valence-electron chi connectivity index (χ3n) is 5.90. The number of aryl methyl sites for hydroxylation is 2. The van der Waals surface area contributed by atoms with Crippen LogP contribution in [0.1, 0.15) is 32.2 Å². The standard InChI is InChI=1S/C24H27N3O6S/c1-17-14-21(23(28)16-33-24(29)22-8-5-9-25(22)3)18(2)27(17)19-6-4-7-20(15-19)34(30,31)26-10-12-32-13-11-26/h4-9,14-15H,10-13,16H2,1-3H3. The molecule has 34 heavy (non-hydrogen) atoms. The van der Waals surface area contributed by atoms with Gasteiger partial charge in [0.25, 0.3) is 0 Å². The van der Waals surface area contributed by atoms with Crippen molar-refractivity contribution in [3.63, 3.8) is 0 Å². The Morgan fingerprint density at radius 1 is 1.06 bits per heavy atom. The fourth-order valence-corrected chi connectivity index (χ4v) is 5.57. The van der Waals surface area contributed by atoms with Crippen LogP contribution in [0.2, 0.25) is 0 Å². The normalized spacial score (nSPS) is 14.8. The van der Waals surface area contributed by atoms with E-state index in [2.05, 4.69) is 0 Å². The fraction of sp³-hybridized carbons (Fsp3) is 0.333. The van der Waals surface area contributed by atoms with Crippen LogP contribution in [0.25, 0.3) is 5.69 Å². The van der Waals surface area contributed by atoms with E-state index in [-0.39, 0.29) is 17.3 Å². The smallest absolute Gasteiger partial charge is 0.355 e. The van der Waals surface area contributed by atoms with Crippen molar-refractivity contribution in [1.82, 2.24) is 13.4 Å². The third kappa shape index (κ3) is 4.56. The zero-order valence-corrected chi connectivity index (χ0v) is 20.2. The maximum absolute atomic E-state index is 13.1. The van der Waals surface area contributed by atoms with Gasteiger partial charge >= 0.3 is 5.97 Å². The van der Waals surface area contributed by atoms with Crippen LogP contribution in [0.15, 0.2) is 53.6 Å². The molecular weight excluding hydrogens is 458 g/mol. The lowest BCUT2D eigenvalue weighted by molar-refractivity contribution is 0.0465. The Hall–Kier alpha value is -3.21. The molecule has 10 heteroatoms. The topological polar surface area (TPSA) is 99.8 Å². The summed E-state index contributed by atoms with van der Waals surface area (Å²) in [5, 5.41) is 0. The minimum atomic E-state index is -3.66. The van der Waals surface area contributed by atoms with E-state index in [1.807, 2.05) is 11.5 Å². The molecule has 3 aromatic rings. The van der Waals surface area contributed by atoms with Crippen molar-refractivity contribution in [2.24, 2.45) is 7.05 Å². The van der Waals surface area contributed by atoms with Gasteiger partial charge in [0.15, 0.2) is 6.61 Å². The molecule has 1 fully saturated rings. The monoisotopic (exact) mass is 485 g/mol. The Morgan fingerprint density at radius 2 is 1.79 bits per heavy atom. The lowest BCUT2D eigenvalue weighted by Crippen LogP contribution is -2.40. The van der Waals surface area contributed by atoms with Gasteiger partial charge in [0, 0.05) is 49.0 Å². The zero-order chi connectivity index (χ0) is 24.5. The molecule has 1 aromatic carbocycles. The Bertz CT molecular complexity index is 1330. The first kappa shape index (κ1) is 23.9. The van der Waals surface area contributed by atoms with Gasteiger partial charge in [0.2, 0.25) is 15.8 Å². The lowest BCUT2D eigenvalue weighted by atomic mass is 10.1. The molecule has 2 aromatic heterocycles. The Labute approximate surface area is 198 Å². The van der Waals surface area contributed by atoms with Crippen molar-refractivity contribution in [2.45, 2.75) is 18.7 Å². The van der Waals surface area contributed by atoms with Crippen molar-refractivity contribution in [3.8, 4) is 5.69 Å². The zero-order valence-electron chi connectivity index (χ0n) is 19.4. The second kappa shape index (κ2) is 9.57. The van der Waals surface area contributed by atoms with Crippen LogP contribution in [0.5, 0.6) is 0 Å².